The van der Waals surface area contributed by atoms with E-state index in [1.54, 1.807) is 0 Å². The van der Waals surface area contributed by atoms with Gasteiger partial charge in [0.1, 0.15) is 0 Å². The average Bonchev–Trinajstić information content (AvgIpc) is 2.44. The second-order valence-electron chi connectivity index (χ2n) is 3.51. The molecule has 2 rings (SSSR count). The monoisotopic (exact) mass is 157 g/mol. The number of nitrogens with two attached hydrogens (primary N) is 1. The van der Waals surface area contributed by atoms with Gasteiger partial charge in [0.15, 0.2) is 0 Å². The van der Waals surface area contributed by atoms with Crippen molar-refractivity contribution in [2.75, 3.05) is 6.61 Å². The number of rotatable bonds is 1. The first-order valence-electron chi connectivity index (χ1n) is 3.75. The smallest absolute Gasteiger partial charge is 0.312 e. The fourth-order valence-corrected chi connectivity index (χ4v) is 2.01. The van der Waals surface area contributed by atoms with E-state index in [1.807, 2.05) is 0 Å². The maximum Gasteiger partial charge on any atom is 0.312 e. The molecule has 2 aliphatic rings. The van der Waals surface area contributed by atoms with Crippen LogP contribution >= 0.6 is 0 Å². The molecule has 0 aromatic heterocycles. The summed E-state index contributed by atoms with van der Waals surface area (Å²) in [7, 11) is 0. The van der Waals surface area contributed by atoms with Crippen LogP contribution < -0.4 is 5.73 Å². The van der Waals surface area contributed by atoms with E-state index in [2.05, 4.69) is 0 Å². The van der Waals surface area contributed by atoms with E-state index >= 15 is 0 Å². The van der Waals surface area contributed by atoms with E-state index < -0.39 is 11.4 Å². The summed E-state index contributed by atoms with van der Waals surface area (Å²) in [4.78, 5) is 10.8. The van der Waals surface area contributed by atoms with Gasteiger partial charge < -0.3 is 15.6 Å². The SMILES string of the molecule is N[C@H]1C[C@]2(C(=O)O)CO[C@H]1C2. The minimum atomic E-state index is -0.757. The topological polar surface area (TPSA) is 72.6 Å². The average molecular weight is 157 g/mol. The molecule has 0 aromatic rings. The van der Waals surface area contributed by atoms with Crippen molar-refractivity contribution in [1.82, 2.24) is 0 Å². The number of ether oxygens (including phenoxy) is 1. The first-order valence-corrected chi connectivity index (χ1v) is 3.75. The molecular weight excluding hydrogens is 146 g/mol. The summed E-state index contributed by atoms with van der Waals surface area (Å²) in [6, 6.07) is -0.0696. The van der Waals surface area contributed by atoms with Gasteiger partial charge >= 0.3 is 5.97 Å². The third kappa shape index (κ3) is 0.795. The zero-order valence-corrected chi connectivity index (χ0v) is 6.12. The van der Waals surface area contributed by atoms with Gasteiger partial charge in [-0.25, -0.2) is 0 Å². The van der Waals surface area contributed by atoms with Crippen LogP contribution in [0, 0.1) is 5.41 Å². The van der Waals surface area contributed by atoms with Gasteiger partial charge in [-0.3, -0.25) is 4.79 Å². The van der Waals surface area contributed by atoms with Crippen molar-refractivity contribution in [1.29, 1.82) is 0 Å². The lowest BCUT2D eigenvalue weighted by Gasteiger charge is -2.23. The summed E-state index contributed by atoms with van der Waals surface area (Å²) in [5.74, 6) is -0.757. The Morgan fingerprint density at radius 1 is 1.64 bits per heavy atom. The lowest BCUT2D eigenvalue weighted by Crippen LogP contribution is -2.39. The molecule has 0 amide bonds. The van der Waals surface area contributed by atoms with Crippen molar-refractivity contribution < 1.29 is 14.6 Å². The molecular formula is C7H11NO3. The van der Waals surface area contributed by atoms with Crippen LogP contribution in [0.3, 0.4) is 0 Å². The normalized spacial score (nSPS) is 48.1. The number of aliphatic carboxylic acids is 1. The van der Waals surface area contributed by atoms with Crippen LogP contribution in [-0.4, -0.2) is 29.8 Å². The molecule has 0 aromatic carbocycles. The predicted octanol–water partition coefficient (Wildman–Crippen LogP) is -0.423. The summed E-state index contributed by atoms with van der Waals surface area (Å²) in [5.41, 5.74) is 5.01. The van der Waals surface area contributed by atoms with E-state index in [9.17, 15) is 4.79 Å². The van der Waals surface area contributed by atoms with Gasteiger partial charge in [-0.1, -0.05) is 0 Å². The van der Waals surface area contributed by atoms with Crippen molar-refractivity contribution in [3.63, 3.8) is 0 Å². The second-order valence-corrected chi connectivity index (χ2v) is 3.51. The van der Waals surface area contributed by atoms with Crippen LogP contribution in [0.4, 0.5) is 0 Å². The molecule has 1 aliphatic carbocycles. The molecule has 2 fully saturated rings. The number of carboxylic acid groups (broad SMARTS) is 1. The fourth-order valence-electron chi connectivity index (χ4n) is 2.01. The van der Waals surface area contributed by atoms with Gasteiger partial charge in [0.05, 0.1) is 18.1 Å². The predicted molar refractivity (Wildman–Crippen MR) is 37.0 cm³/mol. The van der Waals surface area contributed by atoms with Gasteiger partial charge in [0.2, 0.25) is 0 Å². The molecule has 3 atom stereocenters. The highest BCUT2D eigenvalue weighted by Crippen LogP contribution is 2.45. The Balaban J connectivity index is 2.23. The van der Waals surface area contributed by atoms with Gasteiger partial charge in [-0.2, -0.15) is 0 Å². The number of fused-ring (bicyclic) bond motifs is 2. The molecule has 0 radical (unpaired) electrons. The largest absolute Gasteiger partial charge is 0.481 e. The highest BCUT2D eigenvalue weighted by molar-refractivity contribution is 5.76. The molecule has 4 nitrogen and oxygen atoms in total. The number of hydrogen-bond donors (Lipinski definition) is 2. The summed E-state index contributed by atoms with van der Waals surface area (Å²) in [6.45, 7) is 0.348. The molecule has 0 spiro atoms. The van der Waals surface area contributed by atoms with E-state index in [-0.39, 0.29) is 12.1 Å². The third-order valence-electron chi connectivity index (χ3n) is 2.72. The van der Waals surface area contributed by atoms with Crippen molar-refractivity contribution in [2.24, 2.45) is 11.1 Å². The minimum Gasteiger partial charge on any atom is -0.481 e. The number of hydrogen-bond acceptors (Lipinski definition) is 3. The highest BCUT2D eigenvalue weighted by Gasteiger charge is 2.55. The van der Waals surface area contributed by atoms with Crippen LogP contribution in [0.5, 0.6) is 0 Å². The molecule has 0 unspecified atom stereocenters. The fraction of sp³-hybridized carbons (Fsp3) is 0.857. The van der Waals surface area contributed by atoms with Crippen molar-refractivity contribution in [3.8, 4) is 0 Å². The van der Waals surface area contributed by atoms with Crippen LogP contribution in [0.1, 0.15) is 12.8 Å². The van der Waals surface area contributed by atoms with Crippen molar-refractivity contribution in [3.05, 3.63) is 0 Å². The standard InChI is InChI=1S/C7H11NO3/c8-4-1-7(6(9)10)2-5(4)11-3-7/h4-5H,1-3,8H2,(H,9,10)/t4-,5-,7+/m0/s1. The summed E-state index contributed by atoms with van der Waals surface area (Å²) >= 11 is 0. The maximum absolute atomic E-state index is 10.8. The van der Waals surface area contributed by atoms with Crippen molar-refractivity contribution >= 4 is 5.97 Å². The second kappa shape index (κ2) is 1.95. The Morgan fingerprint density at radius 3 is 2.64 bits per heavy atom. The molecule has 1 aliphatic heterocycles. The highest BCUT2D eigenvalue weighted by atomic mass is 16.5. The number of carboxylic acids is 1. The van der Waals surface area contributed by atoms with Crippen molar-refractivity contribution in [2.45, 2.75) is 25.0 Å². The zero-order valence-electron chi connectivity index (χ0n) is 6.12. The van der Waals surface area contributed by atoms with Gasteiger partial charge in [0, 0.05) is 6.04 Å². The van der Waals surface area contributed by atoms with E-state index in [0.29, 0.717) is 19.4 Å². The molecule has 4 heteroatoms. The Bertz CT molecular complexity index is 202. The summed E-state index contributed by atoms with van der Waals surface area (Å²) in [5, 5.41) is 8.87. The zero-order chi connectivity index (χ0) is 8.06. The minimum absolute atomic E-state index is 0.00824. The van der Waals surface area contributed by atoms with E-state index in [0.717, 1.165) is 0 Å². The molecule has 1 heterocycles. The Kier molecular flexibility index (Phi) is 1.25. The number of carbonyl (C=O) groups is 1. The van der Waals surface area contributed by atoms with E-state index in [4.69, 9.17) is 15.6 Å². The van der Waals surface area contributed by atoms with Gasteiger partial charge in [-0.05, 0) is 12.8 Å². The summed E-state index contributed by atoms with van der Waals surface area (Å²) < 4.78 is 5.22. The molecule has 1 saturated carbocycles. The van der Waals surface area contributed by atoms with Crippen LogP contribution in [0.25, 0.3) is 0 Å². The lowest BCUT2D eigenvalue weighted by molar-refractivity contribution is -0.150. The molecule has 2 bridgehead atoms. The van der Waals surface area contributed by atoms with Gasteiger partial charge in [-0.15, -0.1) is 0 Å². The molecule has 62 valence electrons. The first-order chi connectivity index (χ1) is 5.14. The maximum atomic E-state index is 10.8. The third-order valence-corrected chi connectivity index (χ3v) is 2.72. The van der Waals surface area contributed by atoms with Gasteiger partial charge in [0.25, 0.3) is 0 Å². The molecule has 11 heavy (non-hydrogen) atoms. The quantitative estimate of drug-likeness (QED) is 0.542. The van der Waals surface area contributed by atoms with Crippen LogP contribution in [0.15, 0.2) is 0 Å². The lowest BCUT2D eigenvalue weighted by atomic mass is 9.88. The van der Waals surface area contributed by atoms with E-state index in [1.165, 1.54) is 0 Å². The van der Waals surface area contributed by atoms with Crippen LogP contribution in [0.2, 0.25) is 0 Å². The Hall–Kier alpha value is -0.610. The Morgan fingerprint density at radius 2 is 2.36 bits per heavy atom. The molecule has 3 N–H and O–H groups in total. The van der Waals surface area contributed by atoms with Crippen LogP contribution in [-0.2, 0) is 9.53 Å². The Labute approximate surface area is 64.3 Å². The first kappa shape index (κ1) is 7.06. The summed E-state index contributed by atoms with van der Waals surface area (Å²) in [6.07, 6.45) is 1.17. The molecule has 1 saturated heterocycles.